The number of carbonyl (C=O) groups excluding carboxylic acids is 2. The van der Waals surface area contributed by atoms with Gasteiger partial charge in [0.2, 0.25) is 0 Å². The summed E-state index contributed by atoms with van der Waals surface area (Å²) in [5, 5.41) is 10.5. The zero-order valence-corrected chi connectivity index (χ0v) is 8.76. The molecule has 0 aromatic heterocycles. The van der Waals surface area contributed by atoms with Crippen LogP contribution in [-0.4, -0.2) is 11.9 Å². The van der Waals surface area contributed by atoms with Gasteiger partial charge in [0, 0.05) is 13.0 Å². The molecule has 0 aliphatic carbocycles. The highest BCUT2D eigenvalue weighted by Crippen LogP contribution is 2.35. The van der Waals surface area contributed by atoms with E-state index in [1.165, 1.54) is 25.1 Å². The van der Waals surface area contributed by atoms with Gasteiger partial charge in [-0.05, 0) is 12.1 Å². The van der Waals surface area contributed by atoms with E-state index in [0.29, 0.717) is 0 Å². The van der Waals surface area contributed by atoms with Gasteiger partial charge in [0.25, 0.3) is 0 Å². The molecule has 1 aromatic rings. The van der Waals surface area contributed by atoms with E-state index >= 15 is 0 Å². The lowest BCUT2D eigenvalue weighted by Gasteiger charge is -2.18. The van der Waals surface area contributed by atoms with Gasteiger partial charge in [-0.15, -0.1) is 0 Å². The lowest BCUT2D eigenvalue weighted by molar-refractivity contribution is -0.302. The molecule has 0 amide bonds. The van der Waals surface area contributed by atoms with Crippen LogP contribution in [0.3, 0.4) is 0 Å². The molecule has 2 rings (SSSR count). The molecule has 88 valence electrons. The molecule has 0 atom stereocenters. The highest BCUT2D eigenvalue weighted by Gasteiger charge is 2.16. The largest absolute Gasteiger partial charge is 0.541 e. The van der Waals surface area contributed by atoms with E-state index in [0.717, 1.165) is 6.26 Å². The first-order valence-corrected chi connectivity index (χ1v) is 4.65. The summed E-state index contributed by atoms with van der Waals surface area (Å²) in [5.41, 5.74) is 0. The van der Waals surface area contributed by atoms with Crippen molar-refractivity contribution in [1.29, 1.82) is 0 Å². The van der Waals surface area contributed by atoms with Gasteiger partial charge in [-0.25, -0.2) is 0 Å². The molecule has 0 radical (unpaired) electrons. The summed E-state index contributed by atoms with van der Waals surface area (Å²) < 4.78 is 14.8. The summed E-state index contributed by atoms with van der Waals surface area (Å²) in [6.45, 7) is 1.27. The molecule has 6 nitrogen and oxygen atoms in total. The second-order valence-corrected chi connectivity index (χ2v) is 3.19. The lowest BCUT2D eigenvalue weighted by atomic mass is 10.3. The zero-order chi connectivity index (χ0) is 12.4. The second kappa shape index (κ2) is 4.17. The Morgan fingerprint density at radius 3 is 2.71 bits per heavy atom. The molecule has 0 spiro atoms. The molecule has 0 saturated heterocycles. The second-order valence-electron chi connectivity index (χ2n) is 3.19. The van der Waals surface area contributed by atoms with Crippen molar-refractivity contribution in [2.45, 2.75) is 6.92 Å². The molecule has 0 fully saturated rings. The Morgan fingerprint density at radius 1 is 1.29 bits per heavy atom. The van der Waals surface area contributed by atoms with E-state index in [1.54, 1.807) is 0 Å². The minimum absolute atomic E-state index is 0.211. The number of carbonyl (C=O) groups is 2. The van der Waals surface area contributed by atoms with Crippen LogP contribution in [-0.2, 0) is 9.59 Å². The molecule has 0 saturated carbocycles. The van der Waals surface area contributed by atoms with Gasteiger partial charge in [-0.3, -0.25) is 4.79 Å². The average molecular weight is 235 g/mol. The summed E-state index contributed by atoms with van der Waals surface area (Å²) in [6.07, 6.45) is 0.912. The standard InChI is InChI=1S/C11H8O6/c1-6(12)16-7-2-3-8-9(4-7)15-5-10(17-8)11(13)14/h2-5H,1H3,(H,13,14)/p-1. The third-order valence-electron chi connectivity index (χ3n) is 1.89. The monoisotopic (exact) mass is 235 g/mol. The van der Waals surface area contributed by atoms with Crippen molar-refractivity contribution in [3.05, 3.63) is 30.2 Å². The number of aliphatic carboxylic acids is 1. The summed E-state index contributed by atoms with van der Waals surface area (Å²) >= 11 is 0. The van der Waals surface area contributed by atoms with Crippen LogP contribution in [0, 0.1) is 0 Å². The van der Waals surface area contributed by atoms with Crippen molar-refractivity contribution in [2.75, 3.05) is 0 Å². The fourth-order valence-corrected chi connectivity index (χ4v) is 1.24. The van der Waals surface area contributed by atoms with Crippen molar-refractivity contribution in [2.24, 2.45) is 0 Å². The molecule has 0 bridgehead atoms. The third kappa shape index (κ3) is 2.36. The first-order valence-electron chi connectivity index (χ1n) is 4.65. The van der Waals surface area contributed by atoms with E-state index in [9.17, 15) is 14.7 Å². The van der Waals surface area contributed by atoms with Crippen molar-refractivity contribution >= 4 is 11.9 Å². The van der Waals surface area contributed by atoms with Crippen LogP contribution >= 0.6 is 0 Å². The van der Waals surface area contributed by atoms with E-state index in [4.69, 9.17) is 14.2 Å². The summed E-state index contributed by atoms with van der Waals surface area (Å²) in [6, 6.07) is 4.31. The van der Waals surface area contributed by atoms with Gasteiger partial charge in [0.15, 0.2) is 17.3 Å². The van der Waals surface area contributed by atoms with Crippen LogP contribution in [0.4, 0.5) is 0 Å². The number of esters is 1. The van der Waals surface area contributed by atoms with Crippen LogP contribution < -0.4 is 19.3 Å². The Morgan fingerprint density at radius 2 is 2.06 bits per heavy atom. The number of rotatable bonds is 2. The van der Waals surface area contributed by atoms with Crippen LogP contribution in [0.1, 0.15) is 6.92 Å². The number of fused-ring (bicyclic) bond motifs is 1. The van der Waals surface area contributed by atoms with E-state index in [1.807, 2.05) is 0 Å². The van der Waals surface area contributed by atoms with Gasteiger partial charge >= 0.3 is 5.97 Å². The highest BCUT2D eigenvalue weighted by atomic mass is 16.6. The Hall–Kier alpha value is -2.50. The number of hydrogen-bond donors (Lipinski definition) is 0. The summed E-state index contributed by atoms with van der Waals surface area (Å²) in [7, 11) is 0. The van der Waals surface area contributed by atoms with E-state index in [2.05, 4.69) is 0 Å². The molecule has 17 heavy (non-hydrogen) atoms. The van der Waals surface area contributed by atoms with E-state index < -0.39 is 17.7 Å². The highest BCUT2D eigenvalue weighted by molar-refractivity contribution is 5.83. The number of hydrogen-bond acceptors (Lipinski definition) is 6. The quantitative estimate of drug-likeness (QED) is 0.528. The Kier molecular flexibility index (Phi) is 2.70. The van der Waals surface area contributed by atoms with Crippen molar-refractivity contribution in [3.63, 3.8) is 0 Å². The van der Waals surface area contributed by atoms with Crippen molar-refractivity contribution in [1.82, 2.24) is 0 Å². The smallest absolute Gasteiger partial charge is 0.308 e. The van der Waals surface area contributed by atoms with Crippen LogP contribution in [0.15, 0.2) is 30.2 Å². The first kappa shape index (κ1) is 11.0. The Balaban J connectivity index is 2.24. The Labute approximate surface area is 96.0 Å². The molecule has 1 heterocycles. The van der Waals surface area contributed by atoms with Gasteiger partial charge in [0.1, 0.15) is 18.0 Å². The van der Waals surface area contributed by atoms with Gasteiger partial charge in [0.05, 0.1) is 0 Å². The summed E-state index contributed by atoms with van der Waals surface area (Å²) in [4.78, 5) is 21.3. The topological polar surface area (TPSA) is 84.9 Å². The van der Waals surface area contributed by atoms with Gasteiger partial charge in [-0.2, -0.15) is 0 Å². The van der Waals surface area contributed by atoms with Crippen LogP contribution in [0.25, 0.3) is 0 Å². The predicted molar refractivity (Wildman–Crippen MR) is 52.1 cm³/mol. The molecule has 1 aliphatic heterocycles. The van der Waals surface area contributed by atoms with Crippen molar-refractivity contribution < 1.29 is 28.9 Å². The SMILES string of the molecule is CC(=O)Oc1ccc2c(c1)OC=C(C(=O)[O-])O2. The molecule has 1 aromatic carbocycles. The average Bonchev–Trinajstić information content (AvgIpc) is 2.27. The van der Waals surface area contributed by atoms with E-state index in [-0.39, 0.29) is 17.2 Å². The number of carboxylic acid groups (broad SMARTS) is 1. The first-order chi connectivity index (χ1) is 8.06. The van der Waals surface area contributed by atoms with Crippen LogP contribution in [0.5, 0.6) is 17.2 Å². The lowest BCUT2D eigenvalue weighted by Crippen LogP contribution is -2.28. The minimum atomic E-state index is -1.47. The predicted octanol–water partition coefficient (Wildman–Crippen LogP) is -0.0256. The maximum atomic E-state index is 10.7. The van der Waals surface area contributed by atoms with Crippen molar-refractivity contribution in [3.8, 4) is 17.2 Å². The minimum Gasteiger partial charge on any atom is -0.541 e. The molecule has 1 aliphatic rings. The number of benzene rings is 1. The molecular weight excluding hydrogens is 228 g/mol. The molecular formula is C11H7O6-. The fourth-order valence-electron chi connectivity index (χ4n) is 1.24. The third-order valence-corrected chi connectivity index (χ3v) is 1.89. The van der Waals surface area contributed by atoms with Gasteiger partial charge < -0.3 is 24.1 Å². The maximum absolute atomic E-state index is 10.7. The zero-order valence-electron chi connectivity index (χ0n) is 8.76. The number of ether oxygens (including phenoxy) is 3. The molecule has 0 N–H and O–H groups in total. The Bertz CT molecular complexity index is 517. The van der Waals surface area contributed by atoms with Gasteiger partial charge in [-0.1, -0.05) is 0 Å². The molecule has 6 heteroatoms. The maximum Gasteiger partial charge on any atom is 0.308 e. The number of carboxylic acids is 1. The molecule has 0 unspecified atom stereocenters. The van der Waals surface area contributed by atoms with Crippen LogP contribution in [0.2, 0.25) is 0 Å². The normalized spacial score (nSPS) is 12.6. The fraction of sp³-hybridized carbons (Fsp3) is 0.0909. The summed E-state index contributed by atoms with van der Waals surface area (Å²) in [5.74, 6) is -1.61.